The Bertz CT molecular complexity index is 1990. The van der Waals surface area contributed by atoms with Gasteiger partial charge in [0.25, 0.3) is 0 Å². The maximum Gasteiger partial charge on any atom is 0.151 e. The van der Waals surface area contributed by atoms with Crippen LogP contribution in [0.3, 0.4) is 0 Å². The molecule has 0 aromatic heterocycles. The predicted octanol–water partition coefficient (Wildman–Crippen LogP) is 14.2. The highest BCUT2D eigenvalue weighted by Gasteiger charge is 2.27. The molecule has 0 amide bonds. The molecule has 2 unspecified atom stereocenters. The quantitative estimate of drug-likeness (QED) is 0.147. The normalized spacial score (nSPS) is 13.3. The van der Waals surface area contributed by atoms with Crippen molar-refractivity contribution >= 4 is 17.1 Å². The third kappa shape index (κ3) is 6.41. The van der Waals surface area contributed by atoms with Crippen LogP contribution in [-0.2, 0) is 6.42 Å². The number of rotatable bonds is 10. The lowest BCUT2D eigenvalue weighted by molar-refractivity contribution is 0.477. The molecule has 2 nitrogen and oxygen atoms in total. The van der Waals surface area contributed by atoms with Gasteiger partial charge in [0.1, 0.15) is 0 Å². The van der Waals surface area contributed by atoms with Crippen LogP contribution in [0, 0.1) is 0 Å². The van der Waals surface area contributed by atoms with Gasteiger partial charge in [-0.1, -0.05) is 138 Å². The predicted molar refractivity (Wildman–Crippen MR) is 209 cm³/mol. The second-order valence-electron chi connectivity index (χ2n) is 13.6. The Labute approximate surface area is 293 Å². The zero-order valence-corrected chi connectivity index (χ0v) is 29.5. The molecule has 49 heavy (non-hydrogen) atoms. The lowest BCUT2D eigenvalue weighted by Crippen LogP contribution is -2.16. The average Bonchev–Trinajstić information content (AvgIpc) is 3.16. The van der Waals surface area contributed by atoms with Gasteiger partial charge >= 0.3 is 0 Å². The van der Waals surface area contributed by atoms with Crippen LogP contribution in [0.15, 0.2) is 133 Å². The van der Waals surface area contributed by atoms with E-state index in [1.807, 2.05) is 12.1 Å². The Balaban J connectivity index is 1.52. The minimum absolute atomic E-state index is 0.520. The molecule has 0 bridgehead atoms. The second kappa shape index (κ2) is 14.2. The summed E-state index contributed by atoms with van der Waals surface area (Å²) in [7, 11) is 0. The van der Waals surface area contributed by atoms with E-state index in [4.69, 9.17) is 4.74 Å². The summed E-state index contributed by atoms with van der Waals surface area (Å²) in [6.45, 7) is 11.4. The lowest BCUT2D eigenvalue weighted by atomic mass is 9.85. The molecule has 0 radical (unpaired) electrons. The van der Waals surface area contributed by atoms with Gasteiger partial charge in [-0.15, -0.1) is 0 Å². The van der Waals surface area contributed by atoms with Crippen molar-refractivity contribution in [2.24, 2.45) is 0 Å². The number of nitrogens with zero attached hydrogens (tertiary/aromatic N) is 1. The van der Waals surface area contributed by atoms with Crippen molar-refractivity contribution in [1.82, 2.24) is 0 Å². The van der Waals surface area contributed by atoms with E-state index >= 15 is 0 Å². The first-order valence-electron chi connectivity index (χ1n) is 18.1. The van der Waals surface area contributed by atoms with Crippen LogP contribution in [0.25, 0.3) is 33.4 Å². The van der Waals surface area contributed by atoms with Crippen LogP contribution < -0.4 is 9.64 Å². The van der Waals surface area contributed by atoms with Gasteiger partial charge in [0, 0.05) is 5.69 Å². The van der Waals surface area contributed by atoms with Crippen LogP contribution in [0.1, 0.15) is 82.4 Å². The van der Waals surface area contributed by atoms with Crippen molar-refractivity contribution in [3.63, 3.8) is 0 Å². The molecule has 6 aromatic rings. The minimum Gasteiger partial charge on any atom is -0.453 e. The maximum atomic E-state index is 6.43. The van der Waals surface area contributed by atoms with E-state index in [0.29, 0.717) is 11.8 Å². The molecule has 2 heteroatoms. The first-order chi connectivity index (χ1) is 24.0. The molecule has 1 aliphatic rings. The largest absolute Gasteiger partial charge is 0.453 e. The van der Waals surface area contributed by atoms with Crippen molar-refractivity contribution in [2.45, 2.75) is 72.1 Å². The molecule has 0 saturated heterocycles. The van der Waals surface area contributed by atoms with Crippen LogP contribution in [0.5, 0.6) is 11.5 Å². The van der Waals surface area contributed by atoms with E-state index in [1.54, 1.807) is 0 Å². The molecular formula is C47H47NO. The highest BCUT2D eigenvalue weighted by atomic mass is 16.5. The molecular weight excluding hydrogens is 595 g/mol. The number of hydrogen-bond donors (Lipinski definition) is 0. The average molecular weight is 642 g/mol. The smallest absolute Gasteiger partial charge is 0.151 e. The maximum absolute atomic E-state index is 6.43. The fourth-order valence-corrected chi connectivity index (χ4v) is 7.09. The first-order valence-corrected chi connectivity index (χ1v) is 18.1. The van der Waals surface area contributed by atoms with Gasteiger partial charge in [-0.25, -0.2) is 0 Å². The van der Waals surface area contributed by atoms with E-state index < -0.39 is 0 Å². The Morgan fingerprint density at radius 1 is 0.531 bits per heavy atom. The van der Waals surface area contributed by atoms with Crippen molar-refractivity contribution < 1.29 is 4.74 Å². The number of fused-ring (bicyclic) bond motifs is 2. The Hall–Kier alpha value is -5.08. The minimum atomic E-state index is 0.520. The summed E-state index contributed by atoms with van der Waals surface area (Å²) in [5.41, 5.74) is 14.7. The summed E-state index contributed by atoms with van der Waals surface area (Å²) in [5, 5.41) is 0. The molecule has 1 heterocycles. The number of para-hydroxylation sites is 4. The third-order valence-electron chi connectivity index (χ3n) is 10.4. The van der Waals surface area contributed by atoms with Gasteiger partial charge in [0.2, 0.25) is 0 Å². The molecule has 246 valence electrons. The number of benzene rings is 6. The van der Waals surface area contributed by atoms with Crippen LogP contribution in [0.4, 0.5) is 17.1 Å². The van der Waals surface area contributed by atoms with E-state index in [2.05, 4.69) is 161 Å². The molecule has 0 saturated carbocycles. The van der Waals surface area contributed by atoms with Crippen molar-refractivity contribution in [3.8, 4) is 44.9 Å². The molecule has 7 rings (SSSR count). The molecule has 0 aliphatic carbocycles. The lowest BCUT2D eigenvalue weighted by Gasteiger charge is -2.34. The van der Waals surface area contributed by atoms with Crippen LogP contribution >= 0.6 is 0 Å². The van der Waals surface area contributed by atoms with Crippen molar-refractivity contribution in [1.29, 1.82) is 0 Å². The number of hydrogen-bond acceptors (Lipinski definition) is 2. The summed E-state index contributed by atoms with van der Waals surface area (Å²) in [5.74, 6) is 2.76. The molecule has 0 spiro atoms. The monoisotopic (exact) mass is 641 g/mol. The van der Waals surface area contributed by atoms with Gasteiger partial charge < -0.3 is 9.64 Å². The van der Waals surface area contributed by atoms with E-state index in [0.717, 1.165) is 54.2 Å². The fourth-order valence-electron chi connectivity index (χ4n) is 7.09. The first kappa shape index (κ1) is 32.5. The molecule has 1 aliphatic heterocycles. The Morgan fingerprint density at radius 2 is 0.980 bits per heavy atom. The topological polar surface area (TPSA) is 12.5 Å². The summed E-state index contributed by atoms with van der Waals surface area (Å²) < 4.78 is 6.43. The van der Waals surface area contributed by atoms with Crippen LogP contribution in [0.2, 0.25) is 0 Å². The fraction of sp³-hybridized carbons (Fsp3) is 0.234. The van der Waals surface area contributed by atoms with Gasteiger partial charge in [0.15, 0.2) is 11.5 Å². The zero-order valence-electron chi connectivity index (χ0n) is 29.5. The molecule has 0 fully saturated rings. The van der Waals surface area contributed by atoms with E-state index in [-0.39, 0.29) is 0 Å². The van der Waals surface area contributed by atoms with E-state index in [1.165, 1.54) is 50.1 Å². The number of anilines is 3. The summed E-state index contributed by atoms with van der Waals surface area (Å²) >= 11 is 0. The van der Waals surface area contributed by atoms with Gasteiger partial charge in [-0.3, -0.25) is 0 Å². The molecule has 0 N–H and O–H groups in total. The highest BCUT2D eigenvalue weighted by Crippen LogP contribution is 2.53. The number of ether oxygens (including phenoxy) is 1. The van der Waals surface area contributed by atoms with Crippen molar-refractivity contribution in [3.05, 3.63) is 150 Å². The van der Waals surface area contributed by atoms with Gasteiger partial charge in [-0.05, 0) is 118 Å². The van der Waals surface area contributed by atoms with Gasteiger partial charge in [0.05, 0.1) is 11.4 Å². The molecule has 6 aromatic carbocycles. The molecule has 2 atom stereocenters. The summed E-state index contributed by atoms with van der Waals surface area (Å²) in [6, 6.07) is 49.4. The summed E-state index contributed by atoms with van der Waals surface area (Å²) in [4.78, 5) is 2.37. The highest BCUT2D eigenvalue weighted by molar-refractivity contribution is 5.99. The summed E-state index contributed by atoms with van der Waals surface area (Å²) in [6.07, 6.45) is 4.46. The zero-order chi connectivity index (χ0) is 33.9. The standard InChI is InChI=1S/C47H47NO/c1-6-13-34-18-20-37(21-19-34)41-30-40(48-43-14-9-11-16-45(43)49-46-17-12-10-15-44(46)48)31-42(38-26-22-35(23-27-38)32(4)7-2)47(41)39-28-24-36(25-29-39)33(5)8-3/h9-12,14-33H,6-8,13H2,1-5H3. The number of aryl methyl sites for hydroxylation is 1. The van der Waals surface area contributed by atoms with E-state index in [9.17, 15) is 0 Å². The Morgan fingerprint density at radius 3 is 1.45 bits per heavy atom. The third-order valence-corrected chi connectivity index (χ3v) is 10.4. The second-order valence-corrected chi connectivity index (χ2v) is 13.6. The Kier molecular flexibility index (Phi) is 9.40. The van der Waals surface area contributed by atoms with Crippen molar-refractivity contribution in [2.75, 3.05) is 4.90 Å². The van der Waals surface area contributed by atoms with Crippen LogP contribution in [-0.4, -0.2) is 0 Å². The SMILES string of the molecule is CCCc1ccc(-c2cc(N3c4ccccc4Oc4ccccc43)cc(-c3ccc(C(C)CC)cc3)c2-c2ccc(C(C)CC)cc2)cc1. The van der Waals surface area contributed by atoms with Gasteiger partial charge in [-0.2, -0.15) is 0 Å².